The minimum atomic E-state index is -0.749. The molecule has 2 aliphatic heterocycles. The second-order valence-electron chi connectivity index (χ2n) is 7.52. The monoisotopic (exact) mass is 347 g/mol. The first-order chi connectivity index (χ1) is 12.1. The fourth-order valence-electron chi connectivity index (χ4n) is 4.03. The highest BCUT2D eigenvalue weighted by molar-refractivity contribution is 5.81. The van der Waals surface area contributed by atoms with Crippen molar-refractivity contribution >= 4 is 11.9 Å². The lowest BCUT2D eigenvalue weighted by Crippen LogP contribution is -2.57. The van der Waals surface area contributed by atoms with Crippen LogP contribution in [0.15, 0.2) is 22.8 Å². The fourth-order valence-corrected chi connectivity index (χ4v) is 4.03. The Kier molecular flexibility index (Phi) is 4.52. The van der Waals surface area contributed by atoms with Crippen LogP contribution in [0.1, 0.15) is 18.6 Å². The largest absolute Gasteiger partial charge is 0.481 e. The van der Waals surface area contributed by atoms with Crippen molar-refractivity contribution < 1.29 is 19.1 Å². The number of carbonyl (C=O) groups excluding carboxylic acids is 1. The summed E-state index contributed by atoms with van der Waals surface area (Å²) in [5.74, 6) is 0.214. The van der Waals surface area contributed by atoms with E-state index >= 15 is 0 Å². The maximum atomic E-state index is 12.4. The molecule has 0 radical (unpaired) electrons. The molecule has 1 aliphatic carbocycles. The first-order valence-corrected chi connectivity index (χ1v) is 9.10. The molecule has 1 aromatic rings. The molecule has 4 rings (SSSR count). The van der Waals surface area contributed by atoms with Crippen molar-refractivity contribution in [3.05, 3.63) is 24.2 Å². The van der Waals surface area contributed by atoms with Gasteiger partial charge in [-0.15, -0.1) is 0 Å². The lowest BCUT2D eigenvalue weighted by atomic mass is 10.1. The van der Waals surface area contributed by atoms with Crippen LogP contribution < -0.4 is 0 Å². The standard InChI is InChI=1S/C18H25N3O4/c22-17(13-3-4-13)21-6-5-20-9-14(18(23)24)8-19(10-15(20)11-21)12-16-2-1-7-25-16/h1-2,7,13-15H,3-6,8-12H2,(H,23,24)/t14-,15-/m1/s1. The van der Waals surface area contributed by atoms with E-state index in [2.05, 4.69) is 9.80 Å². The number of carboxylic acid groups (broad SMARTS) is 1. The summed E-state index contributed by atoms with van der Waals surface area (Å²) in [7, 11) is 0. The van der Waals surface area contributed by atoms with Crippen LogP contribution in [0, 0.1) is 11.8 Å². The Morgan fingerprint density at radius 1 is 1.12 bits per heavy atom. The van der Waals surface area contributed by atoms with Crippen LogP contribution in [-0.4, -0.2) is 77.0 Å². The van der Waals surface area contributed by atoms with Crippen LogP contribution in [-0.2, 0) is 16.1 Å². The van der Waals surface area contributed by atoms with Gasteiger partial charge in [0.1, 0.15) is 5.76 Å². The van der Waals surface area contributed by atoms with E-state index in [-0.39, 0.29) is 17.9 Å². The number of furan rings is 1. The van der Waals surface area contributed by atoms with Gasteiger partial charge in [-0.05, 0) is 25.0 Å². The zero-order valence-corrected chi connectivity index (χ0v) is 14.3. The normalized spacial score (nSPS) is 28.4. The summed E-state index contributed by atoms with van der Waals surface area (Å²) in [6.45, 7) is 4.63. The van der Waals surface area contributed by atoms with Crippen molar-refractivity contribution in [3.63, 3.8) is 0 Å². The first-order valence-electron chi connectivity index (χ1n) is 9.10. The third-order valence-electron chi connectivity index (χ3n) is 5.55. The van der Waals surface area contributed by atoms with E-state index in [4.69, 9.17) is 4.42 Å². The second kappa shape index (κ2) is 6.80. The summed E-state index contributed by atoms with van der Waals surface area (Å²) in [5, 5.41) is 9.58. The van der Waals surface area contributed by atoms with Crippen molar-refractivity contribution in [1.29, 1.82) is 0 Å². The molecule has 2 saturated heterocycles. The van der Waals surface area contributed by atoms with E-state index in [9.17, 15) is 14.7 Å². The van der Waals surface area contributed by atoms with Gasteiger partial charge in [0.25, 0.3) is 0 Å². The molecule has 1 amide bonds. The average Bonchev–Trinajstić information content (AvgIpc) is 3.35. The van der Waals surface area contributed by atoms with Crippen molar-refractivity contribution in [2.45, 2.75) is 25.4 Å². The number of nitrogens with zero attached hydrogens (tertiary/aromatic N) is 3. The minimum absolute atomic E-state index is 0.191. The number of carboxylic acids is 1. The molecule has 3 heterocycles. The zero-order valence-electron chi connectivity index (χ0n) is 14.3. The van der Waals surface area contributed by atoms with E-state index in [0.29, 0.717) is 26.2 Å². The Labute approximate surface area is 147 Å². The third-order valence-corrected chi connectivity index (χ3v) is 5.55. The van der Waals surface area contributed by atoms with Crippen LogP contribution in [0.4, 0.5) is 0 Å². The van der Waals surface area contributed by atoms with Crippen LogP contribution in [0.2, 0.25) is 0 Å². The number of rotatable bonds is 4. The van der Waals surface area contributed by atoms with Gasteiger partial charge in [0, 0.05) is 51.2 Å². The number of hydrogen-bond donors (Lipinski definition) is 1. The van der Waals surface area contributed by atoms with E-state index < -0.39 is 11.9 Å². The highest BCUT2D eigenvalue weighted by atomic mass is 16.4. The number of aliphatic carboxylic acids is 1. The topological polar surface area (TPSA) is 77.2 Å². The smallest absolute Gasteiger partial charge is 0.309 e. The molecule has 7 nitrogen and oxygen atoms in total. The second-order valence-corrected chi connectivity index (χ2v) is 7.52. The predicted molar refractivity (Wildman–Crippen MR) is 89.8 cm³/mol. The summed E-state index contributed by atoms with van der Waals surface area (Å²) in [5.41, 5.74) is 0. The SMILES string of the molecule is O=C(O)[C@@H]1CN(Cc2ccco2)C[C@@H]2CN(C(=O)C3CC3)CCN2C1. The molecule has 1 saturated carbocycles. The van der Waals surface area contributed by atoms with Gasteiger partial charge in [0.2, 0.25) is 5.91 Å². The van der Waals surface area contributed by atoms with Crippen molar-refractivity contribution in [3.8, 4) is 0 Å². The summed E-state index contributed by atoms with van der Waals surface area (Å²) in [6, 6.07) is 3.96. The van der Waals surface area contributed by atoms with Crippen molar-refractivity contribution in [1.82, 2.24) is 14.7 Å². The first kappa shape index (κ1) is 16.6. The average molecular weight is 347 g/mol. The molecule has 0 unspecified atom stereocenters. The van der Waals surface area contributed by atoms with Gasteiger partial charge in [-0.1, -0.05) is 0 Å². The zero-order chi connectivity index (χ0) is 17.4. The lowest BCUT2D eigenvalue weighted by Gasteiger charge is -2.41. The molecule has 136 valence electrons. The maximum absolute atomic E-state index is 12.4. The van der Waals surface area contributed by atoms with E-state index in [1.54, 1.807) is 6.26 Å². The summed E-state index contributed by atoms with van der Waals surface area (Å²) < 4.78 is 5.44. The number of fused-ring (bicyclic) bond motifs is 1. The minimum Gasteiger partial charge on any atom is -0.481 e. The molecule has 0 spiro atoms. The van der Waals surface area contributed by atoms with Crippen molar-refractivity contribution in [2.24, 2.45) is 11.8 Å². The van der Waals surface area contributed by atoms with Gasteiger partial charge in [-0.2, -0.15) is 0 Å². The number of hydrogen-bond acceptors (Lipinski definition) is 5. The van der Waals surface area contributed by atoms with Crippen LogP contribution >= 0.6 is 0 Å². The Bertz CT molecular complexity index is 628. The molecular weight excluding hydrogens is 322 g/mol. The summed E-state index contributed by atoms with van der Waals surface area (Å²) in [6.07, 6.45) is 3.69. The molecular formula is C18H25N3O4. The Balaban J connectivity index is 1.48. The molecule has 2 atom stereocenters. The molecule has 1 aromatic heterocycles. The quantitative estimate of drug-likeness (QED) is 0.865. The van der Waals surface area contributed by atoms with E-state index in [0.717, 1.165) is 38.2 Å². The Hall–Kier alpha value is -1.86. The van der Waals surface area contributed by atoms with E-state index in [1.807, 2.05) is 17.0 Å². The van der Waals surface area contributed by atoms with Crippen LogP contribution in [0.25, 0.3) is 0 Å². The molecule has 25 heavy (non-hydrogen) atoms. The lowest BCUT2D eigenvalue weighted by molar-refractivity contribution is -0.143. The Morgan fingerprint density at radius 2 is 1.96 bits per heavy atom. The fraction of sp³-hybridized carbons (Fsp3) is 0.667. The molecule has 1 N–H and O–H groups in total. The molecule has 0 aromatic carbocycles. The van der Waals surface area contributed by atoms with Gasteiger partial charge in [-0.3, -0.25) is 19.4 Å². The molecule has 0 bridgehead atoms. The van der Waals surface area contributed by atoms with Crippen LogP contribution in [0.3, 0.4) is 0 Å². The van der Waals surface area contributed by atoms with Crippen molar-refractivity contribution in [2.75, 3.05) is 39.3 Å². The summed E-state index contributed by atoms with van der Waals surface area (Å²) >= 11 is 0. The Morgan fingerprint density at radius 3 is 2.64 bits per heavy atom. The maximum Gasteiger partial charge on any atom is 0.309 e. The summed E-state index contributed by atoms with van der Waals surface area (Å²) in [4.78, 5) is 30.5. The van der Waals surface area contributed by atoms with Gasteiger partial charge < -0.3 is 14.4 Å². The van der Waals surface area contributed by atoms with Gasteiger partial charge in [0.15, 0.2) is 0 Å². The third kappa shape index (κ3) is 3.72. The molecule has 3 fully saturated rings. The number of carbonyl (C=O) groups is 2. The van der Waals surface area contributed by atoms with Gasteiger partial charge in [0.05, 0.1) is 18.7 Å². The predicted octanol–water partition coefficient (Wildman–Crippen LogP) is 0.719. The number of piperazine rings is 1. The molecule has 3 aliphatic rings. The molecule has 7 heteroatoms. The van der Waals surface area contributed by atoms with E-state index in [1.165, 1.54) is 0 Å². The van der Waals surface area contributed by atoms with Gasteiger partial charge in [-0.25, -0.2) is 0 Å². The van der Waals surface area contributed by atoms with Crippen LogP contribution in [0.5, 0.6) is 0 Å². The van der Waals surface area contributed by atoms with Gasteiger partial charge >= 0.3 is 5.97 Å². The highest BCUT2D eigenvalue weighted by Crippen LogP contribution is 2.32. The highest BCUT2D eigenvalue weighted by Gasteiger charge is 2.40. The number of amides is 1.